The number of aliphatic carboxylic acids is 1. The van der Waals surface area contributed by atoms with Crippen molar-refractivity contribution in [1.82, 2.24) is 16.0 Å². The Morgan fingerprint density at radius 2 is 1.31 bits per heavy atom. The predicted molar refractivity (Wildman–Crippen MR) is 131 cm³/mol. The number of hydrogen-bond acceptors (Lipinski definition) is 7. The molecule has 11 heteroatoms. The van der Waals surface area contributed by atoms with E-state index in [0.717, 1.165) is 0 Å². The third-order valence-corrected chi connectivity index (χ3v) is 5.48. The van der Waals surface area contributed by atoms with Gasteiger partial charge in [-0.1, -0.05) is 42.5 Å². The van der Waals surface area contributed by atoms with Crippen molar-refractivity contribution in [3.8, 4) is 5.75 Å². The van der Waals surface area contributed by atoms with E-state index < -0.39 is 54.0 Å². The lowest BCUT2D eigenvalue weighted by molar-refractivity contribution is -0.142. The summed E-state index contributed by atoms with van der Waals surface area (Å²) in [6.45, 7) is 2.72. The molecule has 2 aromatic carbocycles. The lowest BCUT2D eigenvalue weighted by atomic mass is 10.0. The SMILES string of the molecule is CC(NC(=O)C(N)C(C)O)C(=O)NC(Cc1ccc(O)cc1)C(=O)NC(Cc1ccccc1)C(=O)O. The molecule has 5 atom stereocenters. The van der Waals surface area contributed by atoms with Crippen LogP contribution in [0.25, 0.3) is 0 Å². The highest BCUT2D eigenvalue weighted by atomic mass is 16.4. The molecule has 0 saturated carbocycles. The fourth-order valence-corrected chi connectivity index (χ4v) is 3.29. The van der Waals surface area contributed by atoms with Crippen LogP contribution in [0.5, 0.6) is 5.75 Å². The summed E-state index contributed by atoms with van der Waals surface area (Å²) in [6.07, 6.45) is -1.11. The summed E-state index contributed by atoms with van der Waals surface area (Å²) >= 11 is 0. The lowest BCUT2D eigenvalue weighted by Gasteiger charge is -2.24. The molecule has 36 heavy (non-hydrogen) atoms. The number of hydrogen-bond donors (Lipinski definition) is 7. The van der Waals surface area contributed by atoms with Crippen LogP contribution in [0.15, 0.2) is 54.6 Å². The van der Waals surface area contributed by atoms with Gasteiger partial charge in [-0.3, -0.25) is 14.4 Å². The van der Waals surface area contributed by atoms with Crippen molar-refractivity contribution in [3.63, 3.8) is 0 Å². The number of carboxylic acids is 1. The first-order chi connectivity index (χ1) is 17.0. The number of rotatable bonds is 12. The van der Waals surface area contributed by atoms with Crippen LogP contribution >= 0.6 is 0 Å². The van der Waals surface area contributed by atoms with E-state index in [1.54, 1.807) is 42.5 Å². The number of nitrogens with one attached hydrogen (secondary N) is 3. The number of aliphatic hydroxyl groups is 1. The van der Waals surface area contributed by atoms with Gasteiger partial charge in [0.25, 0.3) is 0 Å². The van der Waals surface area contributed by atoms with Gasteiger partial charge in [0.1, 0.15) is 29.9 Å². The normalized spacial score (nSPS) is 15.0. The Kier molecular flexibility index (Phi) is 10.4. The maximum atomic E-state index is 13.1. The summed E-state index contributed by atoms with van der Waals surface area (Å²) in [7, 11) is 0. The highest BCUT2D eigenvalue weighted by Gasteiger charge is 2.29. The van der Waals surface area contributed by atoms with Gasteiger partial charge in [-0.25, -0.2) is 4.79 Å². The fraction of sp³-hybridized carbons (Fsp3) is 0.360. The van der Waals surface area contributed by atoms with E-state index in [9.17, 15) is 34.5 Å². The summed E-state index contributed by atoms with van der Waals surface area (Å²) in [5, 5.41) is 36.0. The fourth-order valence-electron chi connectivity index (χ4n) is 3.29. The molecule has 0 saturated heterocycles. The summed E-state index contributed by atoms with van der Waals surface area (Å²) < 4.78 is 0. The number of benzene rings is 2. The molecule has 0 aliphatic carbocycles. The van der Waals surface area contributed by atoms with Crippen LogP contribution < -0.4 is 21.7 Å². The van der Waals surface area contributed by atoms with Crippen LogP contribution in [-0.2, 0) is 32.0 Å². The minimum Gasteiger partial charge on any atom is -0.508 e. The molecule has 0 spiro atoms. The van der Waals surface area contributed by atoms with E-state index in [2.05, 4.69) is 16.0 Å². The van der Waals surface area contributed by atoms with Crippen molar-refractivity contribution in [2.75, 3.05) is 0 Å². The highest BCUT2D eigenvalue weighted by molar-refractivity contribution is 5.94. The Morgan fingerprint density at radius 1 is 0.778 bits per heavy atom. The molecule has 0 fully saturated rings. The molecule has 2 rings (SSSR count). The number of carbonyl (C=O) groups is 4. The lowest BCUT2D eigenvalue weighted by Crippen LogP contribution is -2.58. The Bertz CT molecular complexity index is 1040. The smallest absolute Gasteiger partial charge is 0.326 e. The molecular weight excluding hydrogens is 468 g/mol. The van der Waals surface area contributed by atoms with Gasteiger partial charge in [0, 0.05) is 12.8 Å². The first kappa shape index (κ1) is 28.3. The summed E-state index contributed by atoms with van der Waals surface area (Å²) in [4.78, 5) is 49.8. The maximum Gasteiger partial charge on any atom is 0.326 e. The second-order valence-electron chi connectivity index (χ2n) is 8.52. The molecule has 0 aliphatic rings. The zero-order chi connectivity index (χ0) is 26.8. The van der Waals surface area contributed by atoms with Crippen LogP contribution in [0, 0.1) is 0 Å². The second kappa shape index (κ2) is 13.2. The highest BCUT2D eigenvalue weighted by Crippen LogP contribution is 2.12. The van der Waals surface area contributed by atoms with E-state index >= 15 is 0 Å². The molecule has 2 aromatic rings. The Morgan fingerprint density at radius 3 is 1.86 bits per heavy atom. The number of aromatic hydroxyl groups is 1. The monoisotopic (exact) mass is 500 g/mol. The number of carbonyl (C=O) groups excluding carboxylic acids is 3. The van der Waals surface area contributed by atoms with Gasteiger partial charge in [0.15, 0.2) is 0 Å². The number of amides is 3. The zero-order valence-electron chi connectivity index (χ0n) is 20.0. The van der Waals surface area contributed by atoms with Crippen molar-refractivity contribution >= 4 is 23.7 Å². The van der Waals surface area contributed by atoms with Crippen LogP contribution in [-0.4, -0.2) is 69.3 Å². The van der Waals surface area contributed by atoms with Crippen molar-refractivity contribution in [1.29, 1.82) is 0 Å². The summed E-state index contributed by atoms with van der Waals surface area (Å²) in [5.74, 6) is -3.42. The maximum absolute atomic E-state index is 13.1. The molecule has 8 N–H and O–H groups in total. The van der Waals surface area contributed by atoms with Crippen molar-refractivity contribution in [2.45, 2.75) is 57.0 Å². The minimum atomic E-state index is -1.25. The molecule has 0 aliphatic heterocycles. The molecule has 0 heterocycles. The number of aliphatic hydroxyl groups excluding tert-OH is 1. The van der Waals surface area contributed by atoms with Crippen molar-refractivity contribution in [2.24, 2.45) is 5.73 Å². The number of phenolic OH excluding ortho intramolecular Hbond substituents is 1. The van der Waals surface area contributed by atoms with E-state index in [0.29, 0.717) is 11.1 Å². The van der Waals surface area contributed by atoms with Gasteiger partial charge in [-0.15, -0.1) is 0 Å². The standard InChI is InChI=1S/C25H32N4O7/c1-14(27-24(34)21(26)15(2)30)22(32)28-19(12-17-8-10-18(31)11-9-17)23(33)29-20(25(35)36)13-16-6-4-3-5-7-16/h3-11,14-15,19-21,30-31H,12-13,26H2,1-2H3,(H,27,34)(H,28,32)(H,29,33)(H,35,36). The molecular formula is C25H32N4O7. The van der Waals surface area contributed by atoms with E-state index in [1.165, 1.54) is 26.0 Å². The van der Waals surface area contributed by atoms with Gasteiger partial charge in [0.2, 0.25) is 17.7 Å². The molecule has 0 bridgehead atoms. The van der Waals surface area contributed by atoms with Crippen LogP contribution in [0.2, 0.25) is 0 Å². The molecule has 194 valence electrons. The Balaban J connectivity index is 2.17. The second-order valence-corrected chi connectivity index (χ2v) is 8.52. The van der Waals surface area contributed by atoms with Crippen LogP contribution in [0.1, 0.15) is 25.0 Å². The quantitative estimate of drug-likeness (QED) is 0.202. The van der Waals surface area contributed by atoms with Crippen LogP contribution in [0.3, 0.4) is 0 Å². The van der Waals surface area contributed by atoms with E-state index in [1.807, 2.05) is 0 Å². The van der Waals surface area contributed by atoms with Crippen LogP contribution in [0.4, 0.5) is 0 Å². The Hall–Kier alpha value is -3.96. The molecule has 0 radical (unpaired) electrons. The summed E-state index contributed by atoms with van der Waals surface area (Å²) in [5.41, 5.74) is 6.88. The van der Waals surface area contributed by atoms with Gasteiger partial charge in [0.05, 0.1) is 6.10 Å². The first-order valence-corrected chi connectivity index (χ1v) is 11.4. The number of nitrogens with two attached hydrogens (primary N) is 1. The Labute approximate surface area is 208 Å². The molecule has 0 aromatic heterocycles. The molecule has 5 unspecified atom stereocenters. The van der Waals surface area contributed by atoms with Crippen molar-refractivity contribution < 1.29 is 34.5 Å². The number of phenols is 1. The molecule has 11 nitrogen and oxygen atoms in total. The first-order valence-electron chi connectivity index (χ1n) is 11.4. The average molecular weight is 501 g/mol. The topological polar surface area (TPSA) is 191 Å². The molecule has 3 amide bonds. The van der Waals surface area contributed by atoms with E-state index in [-0.39, 0.29) is 18.6 Å². The third-order valence-electron chi connectivity index (χ3n) is 5.48. The largest absolute Gasteiger partial charge is 0.508 e. The van der Waals surface area contributed by atoms with Gasteiger partial charge < -0.3 is 37.0 Å². The predicted octanol–water partition coefficient (Wildman–Crippen LogP) is -0.556. The average Bonchev–Trinajstić information content (AvgIpc) is 2.84. The van der Waals surface area contributed by atoms with Gasteiger partial charge in [-0.05, 0) is 37.1 Å². The van der Waals surface area contributed by atoms with E-state index in [4.69, 9.17) is 5.73 Å². The zero-order valence-corrected chi connectivity index (χ0v) is 20.0. The third kappa shape index (κ3) is 8.67. The van der Waals surface area contributed by atoms with Crippen molar-refractivity contribution in [3.05, 3.63) is 65.7 Å². The van der Waals surface area contributed by atoms with Gasteiger partial charge in [-0.2, -0.15) is 0 Å². The minimum absolute atomic E-state index is 0.0105. The number of carboxylic acid groups (broad SMARTS) is 1. The summed E-state index contributed by atoms with van der Waals surface area (Å²) in [6, 6.07) is 9.94. The van der Waals surface area contributed by atoms with Gasteiger partial charge >= 0.3 is 5.97 Å².